The first-order valence-electron chi connectivity index (χ1n) is 7.99. The Bertz CT molecular complexity index is 1130. The van der Waals surface area contributed by atoms with E-state index in [4.69, 9.17) is 0 Å². The Morgan fingerprint density at radius 2 is 1.72 bits per heavy atom. The molecule has 124 valence electrons. The van der Waals surface area contributed by atoms with Crippen LogP contribution in [-0.4, -0.2) is 25.4 Å². The molecule has 2 heterocycles. The van der Waals surface area contributed by atoms with Crippen LogP contribution in [-0.2, 0) is 7.05 Å². The summed E-state index contributed by atoms with van der Waals surface area (Å²) in [4.78, 5) is 25.9. The molecule has 0 aliphatic carbocycles. The second kappa shape index (κ2) is 5.66. The minimum absolute atomic E-state index is 0.183. The highest BCUT2D eigenvalue weighted by molar-refractivity contribution is 6.06. The fourth-order valence-electron chi connectivity index (χ4n) is 2.79. The number of hydrogen-bond donors (Lipinski definition) is 1. The van der Waals surface area contributed by atoms with E-state index in [2.05, 4.69) is 20.3 Å². The van der Waals surface area contributed by atoms with E-state index in [-0.39, 0.29) is 5.91 Å². The molecule has 0 fully saturated rings. The third-order valence-corrected chi connectivity index (χ3v) is 4.32. The zero-order valence-electron chi connectivity index (χ0n) is 14.2. The molecule has 1 N–H and O–H groups in total. The van der Waals surface area contributed by atoms with Gasteiger partial charge in [0.25, 0.3) is 5.91 Å². The number of imidazole rings is 1. The standard InChI is InChI=1S/C19H17N5O/c1-11-12(2)22-16-8-13(4-6-15(16)21-11)19(25)23-14-5-7-18-17(9-14)20-10-24(18)3/h4-10H,1-3H3,(H,23,25). The Kier molecular flexibility index (Phi) is 3.46. The van der Waals surface area contributed by atoms with Gasteiger partial charge in [-0.05, 0) is 50.2 Å². The number of aryl methyl sites for hydroxylation is 3. The number of aromatic nitrogens is 4. The molecule has 0 spiro atoms. The average Bonchev–Trinajstić information content (AvgIpc) is 2.96. The van der Waals surface area contributed by atoms with Gasteiger partial charge in [-0.2, -0.15) is 0 Å². The fourth-order valence-corrected chi connectivity index (χ4v) is 2.79. The Hall–Kier alpha value is -3.28. The van der Waals surface area contributed by atoms with E-state index in [1.807, 2.05) is 49.7 Å². The van der Waals surface area contributed by atoms with E-state index >= 15 is 0 Å². The molecule has 6 heteroatoms. The summed E-state index contributed by atoms with van der Waals surface area (Å²) >= 11 is 0. The molecule has 0 saturated carbocycles. The molecule has 0 bridgehead atoms. The molecular formula is C19H17N5O. The second-order valence-corrected chi connectivity index (χ2v) is 6.11. The van der Waals surface area contributed by atoms with Gasteiger partial charge < -0.3 is 9.88 Å². The highest BCUT2D eigenvalue weighted by Crippen LogP contribution is 2.19. The van der Waals surface area contributed by atoms with Gasteiger partial charge in [-0.15, -0.1) is 0 Å². The topological polar surface area (TPSA) is 72.7 Å². The quantitative estimate of drug-likeness (QED) is 0.611. The Labute approximate surface area is 144 Å². The van der Waals surface area contributed by atoms with Gasteiger partial charge in [0.2, 0.25) is 0 Å². The van der Waals surface area contributed by atoms with Gasteiger partial charge in [-0.25, -0.2) is 15.0 Å². The number of fused-ring (bicyclic) bond motifs is 2. The summed E-state index contributed by atoms with van der Waals surface area (Å²) in [5.41, 5.74) is 6.39. The number of rotatable bonds is 2. The summed E-state index contributed by atoms with van der Waals surface area (Å²) in [6, 6.07) is 11.0. The first-order valence-corrected chi connectivity index (χ1v) is 7.99. The summed E-state index contributed by atoms with van der Waals surface area (Å²) in [7, 11) is 1.94. The van der Waals surface area contributed by atoms with Crippen LogP contribution in [0.2, 0.25) is 0 Å². The molecule has 2 aromatic carbocycles. The summed E-state index contributed by atoms with van der Waals surface area (Å²) in [6.45, 7) is 3.84. The van der Waals surface area contributed by atoms with Gasteiger partial charge in [-0.1, -0.05) is 0 Å². The van der Waals surface area contributed by atoms with Gasteiger partial charge in [0.05, 0.1) is 39.8 Å². The van der Waals surface area contributed by atoms with Crippen LogP contribution in [0.4, 0.5) is 5.69 Å². The van der Waals surface area contributed by atoms with Crippen molar-refractivity contribution in [2.75, 3.05) is 5.32 Å². The molecule has 6 nitrogen and oxygen atoms in total. The summed E-state index contributed by atoms with van der Waals surface area (Å²) in [6.07, 6.45) is 1.75. The number of hydrogen-bond acceptors (Lipinski definition) is 4. The Morgan fingerprint density at radius 3 is 2.52 bits per heavy atom. The van der Waals surface area contributed by atoms with Crippen molar-refractivity contribution in [3.8, 4) is 0 Å². The van der Waals surface area contributed by atoms with E-state index in [1.54, 1.807) is 18.5 Å². The van der Waals surface area contributed by atoms with Crippen LogP contribution in [0, 0.1) is 13.8 Å². The normalized spacial score (nSPS) is 11.2. The monoisotopic (exact) mass is 331 g/mol. The molecule has 0 aliphatic heterocycles. The smallest absolute Gasteiger partial charge is 0.255 e. The number of carbonyl (C=O) groups excluding carboxylic acids is 1. The van der Waals surface area contributed by atoms with E-state index in [1.165, 1.54) is 0 Å². The van der Waals surface area contributed by atoms with Crippen LogP contribution >= 0.6 is 0 Å². The van der Waals surface area contributed by atoms with Crippen molar-refractivity contribution < 1.29 is 4.79 Å². The van der Waals surface area contributed by atoms with Gasteiger partial charge in [0.1, 0.15) is 0 Å². The summed E-state index contributed by atoms with van der Waals surface area (Å²) < 4.78 is 1.94. The van der Waals surface area contributed by atoms with Crippen LogP contribution < -0.4 is 5.32 Å². The number of anilines is 1. The summed E-state index contributed by atoms with van der Waals surface area (Å²) in [5.74, 6) is -0.183. The predicted molar refractivity (Wildman–Crippen MR) is 97.7 cm³/mol. The first kappa shape index (κ1) is 15.3. The van der Waals surface area contributed by atoms with Gasteiger partial charge in [0.15, 0.2) is 0 Å². The number of nitrogens with one attached hydrogen (secondary N) is 1. The second-order valence-electron chi connectivity index (χ2n) is 6.11. The van der Waals surface area contributed by atoms with Crippen LogP contribution in [0.1, 0.15) is 21.7 Å². The largest absolute Gasteiger partial charge is 0.334 e. The van der Waals surface area contributed by atoms with E-state index in [9.17, 15) is 4.79 Å². The van der Waals surface area contributed by atoms with Gasteiger partial charge in [0, 0.05) is 18.3 Å². The minimum atomic E-state index is -0.183. The molecule has 0 radical (unpaired) electrons. The summed E-state index contributed by atoms with van der Waals surface area (Å²) in [5, 5.41) is 2.91. The number of benzene rings is 2. The zero-order valence-corrected chi connectivity index (χ0v) is 14.2. The van der Waals surface area contributed by atoms with Gasteiger partial charge >= 0.3 is 0 Å². The van der Waals surface area contributed by atoms with Crippen molar-refractivity contribution in [3.05, 3.63) is 59.7 Å². The SMILES string of the molecule is Cc1nc2ccc(C(=O)Nc3ccc4c(c3)ncn4C)cc2nc1C. The van der Waals surface area contributed by atoms with Crippen molar-refractivity contribution in [3.63, 3.8) is 0 Å². The van der Waals surface area contributed by atoms with Crippen LogP contribution in [0.15, 0.2) is 42.7 Å². The van der Waals surface area contributed by atoms with Crippen molar-refractivity contribution in [2.24, 2.45) is 7.05 Å². The molecule has 25 heavy (non-hydrogen) atoms. The molecule has 0 atom stereocenters. The average molecular weight is 331 g/mol. The van der Waals surface area contributed by atoms with Crippen molar-refractivity contribution >= 4 is 33.7 Å². The van der Waals surface area contributed by atoms with Crippen LogP contribution in [0.25, 0.3) is 22.1 Å². The van der Waals surface area contributed by atoms with Crippen LogP contribution in [0.3, 0.4) is 0 Å². The van der Waals surface area contributed by atoms with Crippen molar-refractivity contribution in [1.29, 1.82) is 0 Å². The Morgan fingerprint density at radius 1 is 0.960 bits per heavy atom. The lowest BCUT2D eigenvalue weighted by atomic mass is 10.1. The molecule has 4 rings (SSSR count). The fraction of sp³-hybridized carbons (Fsp3) is 0.158. The van der Waals surface area contributed by atoms with E-state index < -0.39 is 0 Å². The molecule has 0 aliphatic rings. The maximum atomic E-state index is 12.6. The molecular weight excluding hydrogens is 314 g/mol. The maximum absolute atomic E-state index is 12.6. The first-order chi connectivity index (χ1) is 12.0. The predicted octanol–water partition coefficient (Wildman–Crippen LogP) is 3.39. The molecule has 0 unspecified atom stereocenters. The van der Waals surface area contributed by atoms with Crippen molar-refractivity contribution in [2.45, 2.75) is 13.8 Å². The molecule has 0 saturated heterocycles. The minimum Gasteiger partial charge on any atom is -0.334 e. The zero-order chi connectivity index (χ0) is 17.6. The number of carbonyl (C=O) groups is 1. The maximum Gasteiger partial charge on any atom is 0.255 e. The number of nitrogens with zero attached hydrogens (tertiary/aromatic N) is 4. The highest BCUT2D eigenvalue weighted by atomic mass is 16.1. The van der Waals surface area contributed by atoms with Crippen LogP contribution in [0.5, 0.6) is 0 Å². The third-order valence-electron chi connectivity index (χ3n) is 4.32. The lowest BCUT2D eigenvalue weighted by Crippen LogP contribution is -2.12. The lowest BCUT2D eigenvalue weighted by Gasteiger charge is -2.07. The molecule has 2 aromatic heterocycles. The van der Waals surface area contributed by atoms with E-state index in [0.29, 0.717) is 11.3 Å². The number of amides is 1. The third kappa shape index (κ3) is 2.71. The Balaban J connectivity index is 1.65. The van der Waals surface area contributed by atoms with Crippen molar-refractivity contribution in [1.82, 2.24) is 19.5 Å². The lowest BCUT2D eigenvalue weighted by molar-refractivity contribution is 0.102. The van der Waals surface area contributed by atoms with Gasteiger partial charge in [-0.3, -0.25) is 4.79 Å². The highest BCUT2D eigenvalue weighted by Gasteiger charge is 2.10. The molecule has 1 amide bonds. The molecule has 4 aromatic rings. The van der Waals surface area contributed by atoms with E-state index in [0.717, 1.165) is 33.5 Å².